The first-order valence-corrected chi connectivity index (χ1v) is 7.79. The number of hydrogen-bond donors (Lipinski definition) is 3. The van der Waals surface area contributed by atoms with Crippen LogP contribution in [0.5, 0.6) is 5.75 Å². The van der Waals surface area contributed by atoms with Crippen LogP contribution in [0.4, 0.5) is 0 Å². The highest BCUT2D eigenvalue weighted by Crippen LogP contribution is 2.38. The summed E-state index contributed by atoms with van der Waals surface area (Å²) >= 11 is 0. The van der Waals surface area contributed by atoms with E-state index in [0.29, 0.717) is 18.8 Å². The summed E-state index contributed by atoms with van der Waals surface area (Å²) in [6, 6.07) is 3.89. The summed E-state index contributed by atoms with van der Waals surface area (Å²) in [5.41, 5.74) is 3.56. The largest absolute Gasteiger partial charge is 0.493 e. The maximum Gasteiger partial charge on any atom is 0.267 e. The molecule has 0 spiro atoms. The van der Waals surface area contributed by atoms with Gasteiger partial charge in [-0.05, 0) is 17.7 Å². The Morgan fingerprint density at radius 2 is 2.17 bits per heavy atom. The van der Waals surface area contributed by atoms with E-state index in [9.17, 15) is 9.59 Å². The number of ether oxygens (including phenoxy) is 1. The number of benzene rings is 1. The van der Waals surface area contributed by atoms with Gasteiger partial charge in [0.05, 0.1) is 6.61 Å². The van der Waals surface area contributed by atoms with E-state index in [-0.39, 0.29) is 17.7 Å². The summed E-state index contributed by atoms with van der Waals surface area (Å²) in [4.78, 5) is 26.7. The van der Waals surface area contributed by atoms with E-state index in [2.05, 4.69) is 15.6 Å². The topological polar surface area (TPSA) is 83.2 Å². The minimum absolute atomic E-state index is 0.00653. The molecule has 1 aromatic carbocycles. The third-order valence-electron chi connectivity index (χ3n) is 4.28. The van der Waals surface area contributed by atoms with E-state index in [1.807, 2.05) is 19.1 Å². The van der Waals surface area contributed by atoms with Gasteiger partial charge < -0.3 is 20.4 Å². The van der Waals surface area contributed by atoms with Crippen LogP contribution in [0.2, 0.25) is 0 Å². The standard InChI is InChI=1S/C17H21N3O3/c1-9(8-19-10(2)21)14-15-11-6-7-23-13(11)5-4-12(15)20-16(14)17(22)18-3/h4-5,9,20H,6-8H2,1-3H3,(H,18,22)(H,19,21)/t9-/m1/s1. The smallest absolute Gasteiger partial charge is 0.267 e. The maximum absolute atomic E-state index is 12.3. The van der Waals surface area contributed by atoms with Crippen molar-refractivity contribution in [3.05, 3.63) is 29.0 Å². The quantitative estimate of drug-likeness (QED) is 0.803. The molecule has 0 saturated heterocycles. The highest BCUT2D eigenvalue weighted by Gasteiger charge is 2.26. The van der Waals surface area contributed by atoms with Crippen molar-refractivity contribution in [3.63, 3.8) is 0 Å². The van der Waals surface area contributed by atoms with E-state index in [1.165, 1.54) is 6.92 Å². The lowest BCUT2D eigenvalue weighted by Crippen LogP contribution is -2.26. The molecule has 6 heteroatoms. The molecule has 0 bridgehead atoms. The summed E-state index contributed by atoms with van der Waals surface area (Å²) in [6.45, 7) is 4.65. The van der Waals surface area contributed by atoms with Crippen LogP contribution in [0.25, 0.3) is 10.9 Å². The van der Waals surface area contributed by atoms with Crippen LogP contribution < -0.4 is 15.4 Å². The molecular formula is C17H21N3O3. The predicted octanol–water partition coefficient (Wildman–Crippen LogP) is 1.70. The summed E-state index contributed by atoms with van der Waals surface area (Å²) in [6.07, 6.45) is 0.831. The molecule has 23 heavy (non-hydrogen) atoms. The van der Waals surface area contributed by atoms with Gasteiger partial charge in [-0.25, -0.2) is 0 Å². The lowest BCUT2D eigenvalue weighted by molar-refractivity contribution is -0.119. The fourth-order valence-corrected chi connectivity index (χ4v) is 3.21. The highest BCUT2D eigenvalue weighted by molar-refractivity contribution is 6.03. The first kappa shape index (κ1) is 15.4. The molecule has 6 nitrogen and oxygen atoms in total. The van der Waals surface area contributed by atoms with Crippen molar-refractivity contribution in [1.82, 2.24) is 15.6 Å². The summed E-state index contributed by atoms with van der Waals surface area (Å²) in [5.74, 6) is 0.658. The Kier molecular flexibility index (Phi) is 3.98. The number of aromatic amines is 1. The second kappa shape index (κ2) is 5.95. The van der Waals surface area contributed by atoms with Gasteiger partial charge in [0.25, 0.3) is 5.91 Å². The summed E-state index contributed by atoms with van der Waals surface area (Å²) in [5, 5.41) is 6.57. The second-order valence-electron chi connectivity index (χ2n) is 5.89. The Morgan fingerprint density at radius 3 is 2.87 bits per heavy atom. The SMILES string of the molecule is CNC(=O)c1[nH]c2ccc3c(c2c1[C@H](C)CNC(C)=O)CCO3. The van der Waals surface area contributed by atoms with Crippen LogP contribution >= 0.6 is 0 Å². The Labute approximate surface area is 134 Å². The maximum atomic E-state index is 12.3. The molecule has 122 valence electrons. The average molecular weight is 315 g/mol. The molecule has 0 aliphatic carbocycles. The Morgan fingerprint density at radius 1 is 1.39 bits per heavy atom. The van der Waals surface area contributed by atoms with Crippen LogP contribution in [-0.4, -0.2) is 37.0 Å². The van der Waals surface area contributed by atoms with Crippen molar-refractivity contribution in [3.8, 4) is 5.75 Å². The van der Waals surface area contributed by atoms with Gasteiger partial charge in [0, 0.05) is 49.3 Å². The lowest BCUT2D eigenvalue weighted by atomic mass is 9.93. The van der Waals surface area contributed by atoms with Crippen molar-refractivity contribution >= 4 is 22.7 Å². The van der Waals surface area contributed by atoms with Gasteiger partial charge in [-0.15, -0.1) is 0 Å². The molecule has 1 aromatic heterocycles. The van der Waals surface area contributed by atoms with Crippen LogP contribution in [0, 0.1) is 0 Å². The number of H-pyrrole nitrogens is 1. The van der Waals surface area contributed by atoms with Crippen LogP contribution in [0.15, 0.2) is 12.1 Å². The minimum Gasteiger partial charge on any atom is -0.493 e. The van der Waals surface area contributed by atoms with Crippen LogP contribution in [0.3, 0.4) is 0 Å². The van der Waals surface area contributed by atoms with Gasteiger partial charge in [0.15, 0.2) is 0 Å². The van der Waals surface area contributed by atoms with E-state index in [1.54, 1.807) is 7.05 Å². The van der Waals surface area contributed by atoms with E-state index >= 15 is 0 Å². The first-order chi connectivity index (χ1) is 11.0. The van der Waals surface area contributed by atoms with Gasteiger partial charge in [0.1, 0.15) is 11.4 Å². The van der Waals surface area contributed by atoms with Crippen molar-refractivity contribution in [2.24, 2.45) is 0 Å². The summed E-state index contributed by atoms with van der Waals surface area (Å²) < 4.78 is 5.65. The summed E-state index contributed by atoms with van der Waals surface area (Å²) in [7, 11) is 1.61. The Bertz CT molecular complexity index is 779. The van der Waals surface area contributed by atoms with Gasteiger partial charge in [-0.2, -0.15) is 0 Å². The van der Waals surface area contributed by atoms with Gasteiger partial charge in [0.2, 0.25) is 5.91 Å². The van der Waals surface area contributed by atoms with Gasteiger partial charge in [-0.1, -0.05) is 6.92 Å². The molecule has 0 radical (unpaired) electrons. The zero-order chi connectivity index (χ0) is 16.6. The molecule has 1 aliphatic heterocycles. The van der Waals surface area contributed by atoms with Gasteiger partial charge >= 0.3 is 0 Å². The molecule has 1 aliphatic rings. The number of fused-ring (bicyclic) bond motifs is 3. The van der Waals surface area contributed by atoms with Crippen LogP contribution in [-0.2, 0) is 11.2 Å². The van der Waals surface area contributed by atoms with Crippen LogP contribution in [0.1, 0.15) is 41.4 Å². The molecule has 3 N–H and O–H groups in total. The van der Waals surface area contributed by atoms with Crippen molar-refractivity contribution in [2.75, 3.05) is 20.2 Å². The van der Waals surface area contributed by atoms with Crippen molar-refractivity contribution in [2.45, 2.75) is 26.2 Å². The Balaban J connectivity index is 2.16. The molecule has 2 aromatic rings. The fourth-order valence-electron chi connectivity index (χ4n) is 3.21. The zero-order valence-corrected chi connectivity index (χ0v) is 13.6. The lowest BCUT2D eigenvalue weighted by Gasteiger charge is -2.14. The number of aromatic nitrogens is 1. The molecule has 0 unspecified atom stereocenters. The molecular weight excluding hydrogens is 294 g/mol. The number of carbonyl (C=O) groups excluding carboxylic acids is 2. The third kappa shape index (κ3) is 2.65. The fraction of sp³-hybridized carbons (Fsp3) is 0.412. The number of amides is 2. The number of hydrogen-bond acceptors (Lipinski definition) is 3. The Hall–Kier alpha value is -2.50. The number of carbonyl (C=O) groups is 2. The normalized spacial score (nSPS) is 14.2. The number of nitrogens with one attached hydrogen (secondary N) is 3. The average Bonchev–Trinajstić information content (AvgIpc) is 3.14. The highest BCUT2D eigenvalue weighted by atomic mass is 16.5. The van der Waals surface area contributed by atoms with E-state index < -0.39 is 0 Å². The third-order valence-corrected chi connectivity index (χ3v) is 4.28. The molecule has 2 amide bonds. The van der Waals surface area contributed by atoms with Crippen molar-refractivity contribution in [1.29, 1.82) is 0 Å². The zero-order valence-electron chi connectivity index (χ0n) is 13.6. The molecule has 3 rings (SSSR count). The van der Waals surface area contributed by atoms with E-state index in [0.717, 1.165) is 34.2 Å². The van der Waals surface area contributed by atoms with Gasteiger partial charge in [-0.3, -0.25) is 9.59 Å². The first-order valence-electron chi connectivity index (χ1n) is 7.79. The molecule has 2 heterocycles. The van der Waals surface area contributed by atoms with E-state index in [4.69, 9.17) is 4.74 Å². The predicted molar refractivity (Wildman–Crippen MR) is 88.0 cm³/mol. The van der Waals surface area contributed by atoms with Crippen molar-refractivity contribution < 1.29 is 14.3 Å². The number of rotatable bonds is 4. The monoisotopic (exact) mass is 315 g/mol. The molecule has 0 saturated carbocycles. The minimum atomic E-state index is -0.154. The molecule has 0 fully saturated rings. The second-order valence-corrected chi connectivity index (χ2v) is 5.89. The molecule has 1 atom stereocenters.